The minimum absolute atomic E-state index is 0.930. The fourth-order valence-electron chi connectivity index (χ4n) is 2.22. The summed E-state index contributed by atoms with van der Waals surface area (Å²) in [5, 5.41) is 4.66. The van der Waals surface area contributed by atoms with E-state index in [2.05, 4.69) is 29.0 Å². The van der Waals surface area contributed by atoms with Gasteiger partial charge in [0.15, 0.2) is 0 Å². The molecule has 0 saturated carbocycles. The van der Waals surface area contributed by atoms with Crippen molar-refractivity contribution in [1.82, 2.24) is 15.2 Å². The van der Waals surface area contributed by atoms with Crippen LogP contribution in [-0.4, -0.2) is 36.1 Å². The monoisotopic (exact) mass is 253 g/mol. The number of rotatable bonds is 5. The Morgan fingerprint density at radius 2 is 2.24 bits per heavy atom. The van der Waals surface area contributed by atoms with Crippen LogP contribution in [0, 0.1) is 12.8 Å². The lowest BCUT2D eigenvalue weighted by molar-refractivity contribution is 0.193. The predicted molar refractivity (Wildman–Crippen MR) is 73.4 cm³/mol. The summed E-state index contributed by atoms with van der Waals surface area (Å²) in [6, 6.07) is 0. The van der Waals surface area contributed by atoms with Crippen molar-refractivity contribution >= 4 is 11.3 Å². The highest BCUT2D eigenvalue weighted by Crippen LogP contribution is 2.15. The molecular formula is C13H23N3S. The molecule has 0 amide bonds. The second-order valence-electron chi connectivity index (χ2n) is 5.05. The number of hydrogen-bond acceptors (Lipinski definition) is 4. The maximum atomic E-state index is 4.26. The number of aryl methyl sites for hydroxylation is 1. The van der Waals surface area contributed by atoms with Crippen LogP contribution in [0.1, 0.15) is 29.7 Å². The first-order valence-corrected chi connectivity index (χ1v) is 7.40. The molecular weight excluding hydrogens is 230 g/mol. The average molecular weight is 253 g/mol. The van der Waals surface area contributed by atoms with Crippen LogP contribution in [0.15, 0.2) is 6.20 Å². The van der Waals surface area contributed by atoms with E-state index in [1.807, 2.05) is 6.20 Å². The zero-order valence-corrected chi connectivity index (χ0v) is 11.7. The molecule has 2 heterocycles. The zero-order chi connectivity index (χ0) is 12.1. The Morgan fingerprint density at radius 3 is 2.88 bits per heavy atom. The van der Waals surface area contributed by atoms with Gasteiger partial charge in [-0.05, 0) is 38.8 Å². The summed E-state index contributed by atoms with van der Waals surface area (Å²) in [5.74, 6) is 0.930. The molecule has 1 aromatic heterocycles. The first-order valence-electron chi connectivity index (χ1n) is 6.58. The van der Waals surface area contributed by atoms with Gasteiger partial charge in [-0.1, -0.05) is 6.92 Å². The first kappa shape index (κ1) is 13.0. The Balaban J connectivity index is 1.57. The zero-order valence-electron chi connectivity index (χ0n) is 10.9. The smallest absolute Gasteiger partial charge is 0.0897 e. The van der Waals surface area contributed by atoms with Crippen LogP contribution in [-0.2, 0) is 6.54 Å². The minimum atomic E-state index is 0.930. The fourth-order valence-corrected chi connectivity index (χ4v) is 2.99. The maximum Gasteiger partial charge on any atom is 0.0897 e. The molecule has 0 aliphatic carbocycles. The molecule has 1 aliphatic heterocycles. The van der Waals surface area contributed by atoms with Gasteiger partial charge in [0, 0.05) is 30.7 Å². The summed E-state index contributed by atoms with van der Waals surface area (Å²) in [6.07, 6.45) is 4.72. The van der Waals surface area contributed by atoms with Gasteiger partial charge in [-0.25, -0.2) is 4.98 Å². The first-order chi connectivity index (χ1) is 8.24. The van der Waals surface area contributed by atoms with Gasteiger partial charge in [-0.2, -0.15) is 0 Å². The Hall–Kier alpha value is -0.450. The molecule has 0 spiro atoms. The van der Waals surface area contributed by atoms with Crippen molar-refractivity contribution in [2.45, 2.75) is 33.2 Å². The number of nitrogens with zero attached hydrogens (tertiary/aromatic N) is 2. The summed E-state index contributed by atoms with van der Waals surface area (Å²) in [5.41, 5.74) is 0. The van der Waals surface area contributed by atoms with Gasteiger partial charge >= 0.3 is 0 Å². The standard InChI is InChI=1S/C13H23N3S/c1-11-3-6-16(7-4-11)8-5-14-9-13-10-15-12(2)17-13/h10-11,14H,3-9H2,1-2H3. The molecule has 1 N–H and O–H groups in total. The summed E-state index contributed by atoms with van der Waals surface area (Å²) < 4.78 is 0. The SMILES string of the molecule is Cc1ncc(CNCCN2CCC(C)CC2)s1. The molecule has 96 valence electrons. The Morgan fingerprint density at radius 1 is 1.47 bits per heavy atom. The fraction of sp³-hybridized carbons (Fsp3) is 0.769. The van der Waals surface area contributed by atoms with Crippen LogP contribution in [0.5, 0.6) is 0 Å². The van der Waals surface area contributed by atoms with Gasteiger partial charge in [-0.3, -0.25) is 0 Å². The molecule has 1 aromatic rings. The van der Waals surface area contributed by atoms with E-state index in [-0.39, 0.29) is 0 Å². The van der Waals surface area contributed by atoms with E-state index in [0.717, 1.165) is 24.0 Å². The summed E-state index contributed by atoms with van der Waals surface area (Å²) >= 11 is 1.79. The van der Waals surface area contributed by atoms with Crippen molar-refractivity contribution in [3.63, 3.8) is 0 Å². The highest BCUT2D eigenvalue weighted by molar-refractivity contribution is 7.11. The lowest BCUT2D eigenvalue weighted by atomic mass is 9.99. The molecule has 0 aromatic carbocycles. The Bertz CT molecular complexity index is 329. The van der Waals surface area contributed by atoms with Crippen molar-refractivity contribution in [2.24, 2.45) is 5.92 Å². The molecule has 17 heavy (non-hydrogen) atoms. The van der Waals surface area contributed by atoms with E-state index in [1.54, 1.807) is 11.3 Å². The van der Waals surface area contributed by atoms with Crippen molar-refractivity contribution in [1.29, 1.82) is 0 Å². The highest BCUT2D eigenvalue weighted by atomic mass is 32.1. The van der Waals surface area contributed by atoms with Crippen molar-refractivity contribution in [2.75, 3.05) is 26.2 Å². The second kappa shape index (κ2) is 6.47. The van der Waals surface area contributed by atoms with Crippen LogP contribution < -0.4 is 5.32 Å². The van der Waals surface area contributed by atoms with Gasteiger partial charge in [0.1, 0.15) is 0 Å². The molecule has 4 heteroatoms. The van der Waals surface area contributed by atoms with Crippen LogP contribution >= 0.6 is 11.3 Å². The van der Waals surface area contributed by atoms with Crippen molar-refractivity contribution in [3.8, 4) is 0 Å². The summed E-state index contributed by atoms with van der Waals surface area (Å²) in [6.45, 7) is 10.2. The lowest BCUT2D eigenvalue weighted by Gasteiger charge is -2.30. The number of piperidine rings is 1. The molecule has 0 radical (unpaired) electrons. The molecule has 1 aliphatic rings. The molecule has 0 unspecified atom stereocenters. The maximum absolute atomic E-state index is 4.26. The summed E-state index contributed by atoms with van der Waals surface area (Å²) in [4.78, 5) is 8.18. The van der Waals surface area contributed by atoms with Crippen LogP contribution in [0.2, 0.25) is 0 Å². The minimum Gasteiger partial charge on any atom is -0.311 e. The third-order valence-electron chi connectivity index (χ3n) is 3.45. The van der Waals surface area contributed by atoms with Gasteiger partial charge in [0.25, 0.3) is 0 Å². The van der Waals surface area contributed by atoms with Gasteiger partial charge in [-0.15, -0.1) is 11.3 Å². The van der Waals surface area contributed by atoms with Crippen molar-refractivity contribution < 1.29 is 0 Å². The van der Waals surface area contributed by atoms with E-state index in [0.29, 0.717) is 0 Å². The van der Waals surface area contributed by atoms with Crippen LogP contribution in [0.25, 0.3) is 0 Å². The van der Waals surface area contributed by atoms with E-state index in [4.69, 9.17) is 0 Å². The molecule has 2 rings (SSSR count). The van der Waals surface area contributed by atoms with Gasteiger partial charge in [0.05, 0.1) is 5.01 Å². The lowest BCUT2D eigenvalue weighted by Crippen LogP contribution is -2.37. The normalized spacial score (nSPS) is 18.7. The largest absolute Gasteiger partial charge is 0.311 e. The van der Waals surface area contributed by atoms with E-state index < -0.39 is 0 Å². The molecule has 3 nitrogen and oxygen atoms in total. The van der Waals surface area contributed by atoms with Crippen LogP contribution in [0.3, 0.4) is 0 Å². The molecule has 0 atom stereocenters. The molecule has 0 bridgehead atoms. The number of likely N-dealkylation sites (tertiary alicyclic amines) is 1. The van der Waals surface area contributed by atoms with Gasteiger partial charge in [0.2, 0.25) is 0 Å². The average Bonchev–Trinajstić information content (AvgIpc) is 2.73. The number of nitrogens with one attached hydrogen (secondary N) is 1. The molecule has 1 saturated heterocycles. The number of hydrogen-bond donors (Lipinski definition) is 1. The van der Waals surface area contributed by atoms with Crippen molar-refractivity contribution in [3.05, 3.63) is 16.1 Å². The summed E-state index contributed by atoms with van der Waals surface area (Å²) in [7, 11) is 0. The third kappa shape index (κ3) is 4.37. The third-order valence-corrected chi connectivity index (χ3v) is 4.36. The Labute approximate surface area is 108 Å². The quantitative estimate of drug-likeness (QED) is 0.816. The topological polar surface area (TPSA) is 28.2 Å². The van der Waals surface area contributed by atoms with Gasteiger partial charge < -0.3 is 10.2 Å². The predicted octanol–water partition coefficient (Wildman–Crippen LogP) is 2.27. The number of aromatic nitrogens is 1. The highest BCUT2D eigenvalue weighted by Gasteiger charge is 2.14. The van der Waals surface area contributed by atoms with E-state index in [9.17, 15) is 0 Å². The number of thiazole rings is 1. The molecule has 1 fully saturated rings. The van der Waals surface area contributed by atoms with E-state index in [1.165, 1.54) is 37.4 Å². The second-order valence-corrected chi connectivity index (χ2v) is 6.37. The van der Waals surface area contributed by atoms with E-state index >= 15 is 0 Å². The Kier molecular flexibility index (Phi) is 4.95. The van der Waals surface area contributed by atoms with Crippen LogP contribution in [0.4, 0.5) is 0 Å².